The monoisotopic (exact) mass is 374 g/mol. The van der Waals surface area contributed by atoms with Gasteiger partial charge in [0.25, 0.3) is 0 Å². The number of fused-ring (bicyclic) bond motifs is 1. The van der Waals surface area contributed by atoms with Gasteiger partial charge in [-0.2, -0.15) is 0 Å². The zero-order valence-electron chi connectivity index (χ0n) is 14.3. The molecular weight excluding hydrogens is 352 g/mol. The van der Waals surface area contributed by atoms with Gasteiger partial charge in [-0.25, -0.2) is 0 Å². The first-order chi connectivity index (χ1) is 12.2. The van der Waals surface area contributed by atoms with Crippen LogP contribution in [0.2, 0.25) is 5.02 Å². The molecule has 3 nitrogen and oxygen atoms in total. The molecule has 0 saturated carbocycles. The molecule has 1 aromatic carbocycles. The molecule has 132 valence electrons. The zero-order valence-corrected chi connectivity index (χ0v) is 15.9. The number of thiophene rings is 1. The van der Waals surface area contributed by atoms with Crippen LogP contribution in [0, 0.1) is 0 Å². The van der Waals surface area contributed by atoms with Crippen LogP contribution >= 0.6 is 22.9 Å². The molecule has 3 heterocycles. The van der Waals surface area contributed by atoms with Gasteiger partial charge in [-0.1, -0.05) is 29.8 Å². The van der Waals surface area contributed by atoms with Gasteiger partial charge in [0, 0.05) is 42.0 Å². The van der Waals surface area contributed by atoms with Crippen LogP contribution in [0.1, 0.15) is 41.3 Å². The number of halogens is 1. The largest absolute Gasteiger partial charge is 0.338 e. The molecule has 4 rings (SSSR count). The summed E-state index contributed by atoms with van der Waals surface area (Å²) < 4.78 is 0. The van der Waals surface area contributed by atoms with E-state index in [-0.39, 0.29) is 5.91 Å². The lowest BCUT2D eigenvalue weighted by atomic mass is 10.0. The summed E-state index contributed by atoms with van der Waals surface area (Å²) in [4.78, 5) is 18.6. The molecule has 2 aliphatic heterocycles. The van der Waals surface area contributed by atoms with E-state index in [1.807, 2.05) is 28.4 Å². The van der Waals surface area contributed by atoms with E-state index in [0.29, 0.717) is 12.5 Å². The third-order valence-electron chi connectivity index (χ3n) is 5.40. The summed E-state index contributed by atoms with van der Waals surface area (Å²) in [6, 6.07) is 10.6. The summed E-state index contributed by atoms with van der Waals surface area (Å²) in [5.41, 5.74) is 2.54. The van der Waals surface area contributed by atoms with Crippen molar-refractivity contribution in [2.45, 2.75) is 38.3 Å². The Morgan fingerprint density at radius 2 is 2.12 bits per heavy atom. The Morgan fingerprint density at radius 3 is 3.00 bits per heavy atom. The molecule has 1 atom stereocenters. The highest BCUT2D eigenvalue weighted by atomic mass is 35.5. The van der Waals surface area contributed by atoms with Crippen molar-refractivity contribution >= 4 is 28.8 Å². The van der Waals surface area contributed by atoms with Gasteiger partial charge < -0.3 is 4.90 Å². The molecule has 0 spiro atoms. The lowest BCUT2D eigenvalue weighted by Crippen LogP contribution is -2.37. The molecule has 25 heavy (non-hydrogen) atoms. The third kappa shape index (κ3) is 3.62. The number of hydrogen-bond acceptors (Lipinski definition) is 3. The quantitative estimate of drug-likeness (QED) is 0.785. The molecule has 1 amide bonds. The molecular formula is C20H23ClN2OS. The van der Waals surface area contributed by atoms with Crippen LogP contribution in [0.3, 0.4) is 0 Å². The van der Waals surface area contributed by atoms with Crippen LogP contribution in [0.5, 0.6) is 0 Å². The second kappa shape index (κ2) is 7.48. The predicted octanol–water partition coefficient (Wildman–Crippen LogP) is 4.51. The van der Waals surface area contributed by atoms with Gasteiger partial charge in [-0.15, -0.1) is 11.3 Å². The van der Waals surface area contributed by atoms with Crippen molar-refractivity contribution in [1.82, 2.24) is 9.80 Å². The Kier molecular flexibility index (Phi) is 5.11. The van der Waals surface area contributed by atoms with Crippen molar-refractivity contribution in [1.29, 1.82) is 0 Å². The standard InChI is InChI=1S/C20H23ClN2OS/c21-17-5-2-1-4-16(17)18-6-3-10-22(18)12-8-20(24)23-11-7-19-15(14-23)9-13-25-19/h1-2,4-5,9,13,18H,3,6-8,10-12,14H2. The first-order valence-electron chi connectivity index (χ1n) is 9.04. The SMILES string of the molecule is O=C(CCN1CCCC1c1ccccc1Cl)N1CCc2sccc2C1. The lowest BCUT2D eigenvalue weighted by molar-refractivity contribution is -0.132. The summed E-state index contributed by atoms with van der Waals surface area (Å²) >= 11 is 8.20. The van der Waals surface area contributed by atoms with Crippen molar-refractivity contribution in [3.05, 3.63) is 56.7 Å². The molecule has 1 unspecified atom stereocenters. The van der Waals surface area contributed by atoms with Gasteiger partial charge in [-0.05, 0) is 54.4 Å². The number of rotatable bonds is 4. The van der Waals surface area contributed by atoms with Crippen molar-refractivity contribution in [2.24, 2.45) is 0 Å². The average molecular weight is 375 g/mol. The summed E-state index contributed by atoms with van der Waals surface area (Å²) in [5.74, 6) is 0.279. The van der Waals surface area contributed by atoms with Gasteiger partial charge in [0.05, 0.1) is 0 Å². The van der Waals surface area contributed by atoms with E-state index in [0.717, 1.165) is 44.0 Å². The number of hydrogen-bond donors (Lipinski definition) is 0. The predicted molar refractivity (Wildman–Crippen MR) is 103 cm³/mol. The van der Waals surface area contributed by atoms with Crippen LogP contribution in [0.25, 0.3) is 0 Å². The second-order valence-corrected chi connectivity index (χ2v) is 8.31. The highest BCUT2D eigenvalue weighted by Gasteiger charge is 2.28. The molecule has 0 N–H and O–H groups in total. The first kappa shape index (κ1) is 17.1. The minimum Gasteiger partial charge on any atom is -0.338 e. The van der Waals surface area contributed by atoms with E-state index < -0.39 is 0 Å². The lowest BCUT2D eigenvalue weighted by Gasteiger charge is -2.29. The number of likely N-dealkylation sites (tertiary alicyclic amines) is 1. The third-order valence-corrected chi connectivity index (χ3v) is 6.77. The van der Waals surface area contributed by atoms with E-state index in [9.17, 15) is 4.79 Å². The number of nitrogens with zero attached hydrogens (tertiary/aromatic N) is 2. The second-order valence-electron chi connectivity index (χ2n) is 6.90. The normalized spacial score (nSPS) is 20.7. The molecule has 0 radical (unpaired) electrons. The van der Waals surface area contributed by atoms with E-state index >= 15 is 0 Å². The highest BCUT2D eigenvalue weighted by Crippen LogP contribution is 2.35. The van der Waals surface area contributed by atoms with E-state index in [1.54, 1.807) is 0 Å². The zero-order chi connectivity index (χ0) is 17.2. The first-order valence-corrected chi connectivity index (χ1v) is 10.3. The molecule has 1 saturated heterocycles. The van der Waals surface area contributed by atoms with E-state index in [4.69, 9.17) is 11.6 Å². The van der Waals surface area contributed by atoms with E-state index in [1.165, 1.54) is 22.4 Å². The van der Waals surface area contributed by atoms with Gasteiger partial charge >= 0.3 is 0 Å². The molecule has 0 bridgehead atoms. The Bertz CT molecular complexity index is 760. The summed E-state index contributed by atoms with van der Waals surface area (Å²) in [7, 11) is 0. The van der Waals surface area contributed by atoms with Crippen LogP contribution in [-0.2, 0) is 17.8 Å². The van der Waals surface area contributed by atoms with Crippen molar-refractivity contribution in [3.8, 4) is 0 Å². The summed E-state index contributed by atoms with van der Waals surface area (Å²) in [6.45, 7) is 3.52. The smallest absolute Gasteiger partial charge is 0.224 e. The Hall–Kier alpha value is -1.36. The Balaban J connectivity index is 1.36. The molecule has 2 aliphatic rings. The Morgan fingerprint density at radius 1 is 1.24 bits per heavy atom. The fraction of sp³-hybridized carbons (Fsp3) is 0.450. The number of carbonyl (C=O) groups is 1. The van der Waals surface area contributed by atoms with Crippen molar-refractivity contribution < 1.29 is 4.79 Å². The molecule has 1 aromatic heterocycles. The fourth-order valence-electron chi connectivity index (χ4n) is 4.05. The maximum absolute atomic E-state index is 12.7. The Labute approximate surface area is 158 Å². The minimum absolute atomic E-state index is 0.279. The number of carbonyl (C=O) groups excluding carboxylic acids is 1. The van der Waals surface area contributed by atoms with Crippen LogP contribution in [0.4, 0.5) is 0 Å². The van der Waals surface area contributed by atoms with Gasteiger partial charge in [0.2, 0.25) is 5.91 Å². The van der Waals surface area contributed by atoms with Crippen LogP contribution in [0.15, 0.2) is 35.7 Å². The minimum atomic E-state index is 0.279. The average Bonchev–Trinajstić information content (AvgIpc) is 3.28. The number of benzene rings is 1. The molecule has 0 aliphatic carbocycles. The van der Waals surface area contributed by atoms with Crippen LogP contribution in [-0.4, -0.2) is 35.3 Å². The van der Waals surface area contributed by atoms with Crippen molar-refractivity contribution in [3.63, 3.8) is 0 Å². The topological polar surface area (TPSA) is 23.6 Å². The molecule has 5 heteroatoms. The van der Waals surface area contributed by atoms with Gasteiger partial charge in [-0.3, -0.25) is 9.69 Å². The fourth-order valence-corrected chi connectivity index (χ4v) is 5.20. The van der Waals surface area contributed by atoms with Gasteiger partial charge in [0.15, 0.2) is 0 Å². The number of amides is 1. The van der Waals surface area contributed by atoms with Crippen molar-refractivity contribution in [2.75, 3.05) is 19.6 Å². The van der Waals surface area contributed by atoms with Crippen LogP contribution < -0.4 is 0 Å². The maximum atomic E-state index is 12.7. The maximum Gasteiger partial charge on any atom is 0.224 e. The molecule has 2 aromatic rings. The summed E-state index contributed by atoms with van der Waals surface area (Å²) in [5, 5.41) is 2.98. The van der Waals surface area contributed by atoms with Gasteiger partial charge in [0.1, 0.15) is 0 Å². The summed E-state index contributed by atoms with van der Waals surface area (Å²) in [6.07, 6.45) is 3.90. The highest BCUT2D eigenvalue weighted by molar-refractivity contribution is 7.10. The van der Waals surface area contributed by atoms with E-state index in [2.05, 4.69) is 28.5 Å². The molecule has 1 fully saturated rings.